The van der Waals surface area contributed by atoms with Gasteiger partial charge in [-0.3, -0.25) is 9.69 Å². The van der Waals surface area contributed by atoms with Crippen LogP contribution in [0, 0.1) is 0 Å². The van der Waals surface area contributed by atoms with Gasteiger partial charge >= 0.3 is 0 Å². The number of carbonyl (C=O) groups excluding carboxylic acids is 1. The molecule has 0 saturated carbocycles. The van der Waals surface area contributed by atoms with E-state index in [4.69, 9.17) is 0 Å². The largest absolute Gasteiger partial charge is 0.378 e. The summed E-state index contributed by atoms with van der Waals surface area (Å²) in [6, 6.07) is 15.7. The van der Waals surface area contributed by atoms with Crippen molar-refractivity contribution in [2.24, 2.45) is 0 Å². The topological polar surface area (TPSA) is 47.6 Å². The van der Waals surface area contributed by atoms with Gasteiger partial charge in [0.1, 0.15) is 0 Å². The summed E-state index contributed by atoms with van der Waals surface area (Å²) in [6.45, 7) is 1.95. The molecule has 24 heavy (non-hydrogen) atoms. The van der Waals surface area contributed by atoms with Crippen LogP contribution in [0.4, 0.5) is 17.1 Å². The van der Waals surface area contributed by atoms with Crippen molar-refractivity contribution in [3.05, 3.63) is 54.1 Å². The third kappa shape index (κ3) is 4.73. The van der Waals surface area contributed by atoms with Gasteiger partial charge in [0, 0.05) is 36.7 Å². The van der Waals surface area contributed by atoms with Gasteiger partial charge in [-0.2, -0.15) is 0 Å². The molecule has 2 N–H and O–H groups in total. The number of amides is 1. The molecule has 2 aromatic rings. The fraction of sp³-hybridized carbons (Fsp3) is 0.316. The normalized spacial score (nSPS) is 11.9. The number of hydrogen-bond acceptors (Lipinski definition) is 4. The summed E-state index contributed by atoms with van der Waals surface area (Å²) in [5.41, 5.74) is 3.77. The lowest BCUT2D eigenvalue weighted by Crippen LogP contribution is -2.42. The number of benzene rings is 2. The predicted octanol–water partition coefficient (Wildman–Crippen LogP) is 3.13. The third-order valence-corrected chi connectivity index (χ3v) is 3.93. The standard InChI is InChI=1S/C19H26N4O/c1-14(22(2)3)20-19(24)15-6-8-16(9-7-15)21-17-10-12-18(13-11-17)23(4)5/h6-14,21H,1-5H3,(H,20,24). The molecular formula is C19H26N4O. The number of carbonyl (C=O) groups is 1. The van der Waals surface area contributed by atoms with Crippen molar-refractivity contribution in [2.75, 3.05) is 38.4 Å². The minimum atomic E-state index is -0.0712. The average molecular weight is 326 g/mol. The van der Waals surface area contributed by atoms with Crippen LogP contribution >= 0.6 is 0 Å². The Balaban J connectivity index is 2.00. The number of anilines is 3. The summed E-state index contributed by atoms with van der Waals surface area (Å²) in [5.74, 6) is -0.0712. The highest BCUT2D eigenvalue weighted by molar-refractivity contribution is 5.94. The van der Waals surface area contributed by atoms with Gasteiger partial charge < -0.3 is 15.5 Å². The van der Waals surface area contributed by atoms with E-state index in [9.17, 15) is 4.79 Å². The van der Waals surface area contributed by atoms with Crippen LogP contribution in [-0.4, -0.2) is 45.2 Å². The van der Waals surface area contributed by atoms with E-state index in [1.165, 1.54) is 0 Å². The molecule has 5 heteroatoms. The van der Waals surface area contributed by atoms with Crippen molar-refractivity contribution < 1.29 is 4.79 Å². The second-order valence-electron chi connectivity index (χ2n) is 6.26. The first-order chi connectivity index (χ1) is 11.4. The molecule has 0 aliphatic rings. The van der Waals surface area contributed by atoms with Crippen molar-refractivity contribution in [1.29, 1.82) is 0 Å². The summed E-state index contributed by atoms with van der Waals surface area (Å²) in [4.78, 5) is 16.2. The van der Waals surface area contributed by atoms with Crippen molar-refractivity contribution in [2.45, 2.75) is 13.1 Å². The first kappa shape index (κ1) is 17.8. The Morgan fingerprint density at radius 1 is 0.875 bits per heavy atom. The minimum absolute atomic E-state index is 0.00878. The second kappa shape index (κ2) is 7.84. The van der Waals surface area contributed by atoms with Crippen LogP contribution in [0.5, 0.6) is 0 Å². The van der Waals surface area contributed by atoms with Crippen LogP contribution in [0.15, 0.2) is 48.5 Å². The Labute approximate surface area is 144 Å². The quantitative estimate of drug-likeness (QED) is 0.801. The van der Waals surface area contributed by atoms with Gasteiger partial charge in [0.15, 0.2) is 0 Å². The fourth-order valence-electron chi connectivity index (χ4n) is 2.12. The Bertz CT molecular complexity index is 663. The molecular weight excluding hydrogens is 300 g/mol. The maximum Gasteiger partial charge on any atom is 0.252 e. The molecule has 5 nitrogen and oxygen atoms in total. The Morgan fingerprint density at radius 2 is 1.38 bits per heavy atom. The summed E-state index contributed by atoms with van der Waals surface area (Å²) in [5, 5.41) is 6.28. The van der Waals surface area contributed by atoms with Crippen molar-refractivity contribution in [3.63, 3.8) is 0 Å². The zero-order chi connectivity index (χ0) is 17.7. The summed E-state index contributed by atoms with van der Waals surface area (Å²) in [7, 11) is 7.89. The second-order valence-corrected chi connectivity index (χ2v) is 6.26. The maximum atomic E-state index is 12.2. The molecule has 2 rings (SSSR count). The van der Waals surface area contributed by atoms with Crippen molar-refractivity contribution >= 4 is 23.0 Å². The van der Waals surface area contributed by atoms with E-state index in [-0.39, 0.29) is 12.1 Å². The molecule has 128 valence electrons. The lowest BCUT2D eigenvalue weighted by atomic mass is 10.2. The van der Waals surface area contributed by atoms with E-state index in [0.29, 0.717) is 5.56 Å². The smallest absolute Gasteiger partial charge is 0.252 e. The van der Waals surface area contributed by atoms with Gasteiger partial charge in [-0.1, -0.05) is 0 Å². The highest BCUT2D eigenvalue weighted by atomic mass is 16.1. The first-order valence-electron chi connectivity index (χ1n) is 7.98. The number of nitrogens with zero attached hydrogens (tertiary/aromatic N) is 2. The van der Waals surface area contributed by atoms with Crippen LogP contribution < -0.4 is 15.5 Å². The van der Waals surface area contributed by atoms with Gasteiger partial charge in [-0.15, -0.1) is 0 Å². The Hall–Kier alpha value is -2.53. The van der Waals surface area contributed by atoms with Gasteiger partial charge in [-0.25, -0.2) is 0 Å². The van der Waals surface area contributed by atoms with Gasteiger partial charge in [0.2, 0.25) is 0 Å². The summed E-state index contributed by atoms with van der Waals surface area (Å²) < 4.78 is 0. The molecule has 1 atom stereocenters. The molecule has 0 spiro atoms. The molecule has 0 saturated heterocycles. The number of nitrogens with one attached hydrogen (secondary N) is 2. The average Bonchev–Trinajstić information content (AvgIpc) is 2.55. The van der Waals surface area contributed by atoms with Gasteiger partial charge in [0.05, 0.1) is 6.17 Å². The highest BCUT2D eigenvalue weighted by Crippen LogP contribution is 2.20. The molecule has 1 unspecified atom stereocenters. The van der Waals surface area contributed by atoms with E-state index in [2.05, 4.69) is 27.7 Å². The zero-order valence-electron chi connectivity index (χ0n) is 15.0. The van der Waals surface area contributed by atoms with E-state index < -0.39 is 0 Å². The van der Waals surface area contributed by atoms with E-state index in [1.807, 2.05) is 76.4 Å². The minimum Gasteiger partial charge on any atom is -0.378 e. The fourth-order valence-corrected chi connectivity index (χ4v) is 2.12. The van der Waals surface area contributed by atoms with Crippen LogP contribution in [0.25, 0.3) is 0 Å². The Morgan fingerprint density at radius 3 is 1.83 bits per heavy atom. The van der Waals surface area contributed by atoms with Crippen molar-refractivity contribution in [3.8, 4) is 0 Å². The number of hydrogen-bond donors (Lipinski definition) is 2. The van der Waals surface area contributed by atoms with Crippen molar-refractivity contribution in [1.82, 2.24) is 10.2 Å². The molecule has 0 aliphatic heterocycles. The first-order valence-corrected chi connectivity index (χ1v) is 7.98. The Kier molecular flexibility index (Phi) is 5.82. The van der Waals surface area contributed by atoms with Crippen LogP contribution in [0.3, 0.4) is 0 Å². The molecule has 2 aromatic carbocycles. The molecule has 0 radical (unpaired) electrons. The molecule has 0 heterocycles. The molecule has 1 amide bonds. The maximum absolute atomic E-state index is 12.2. The molecule has 0 aromatic heterocycles. The molecule has 0 bridgehead atoms. The van der Waals surface area contributed by atoms with Gasteiger partial charge in [0.25, 0.3) is 5.91 Å². The summed E-state index contributed by atoms with van der Waals surface area (Å²) >= 11 is 0. The van der Waals surface area contributed by atoms with E-state index in [0.717, 1.165) is 17.1 Å². The lowest BCUT2D eigenvalue weighted by molar-refractivity contribution is 0.0900. The van der Waals surface area contributed by atoms with Crippen LogP contribution in [0.1, 0.15) is 17.3 Å². The van der Waals surface area contributed by atoms with E-state index >= 15 is 0 Å². The third-order valence-electron chi connectivity index (χ3n) is 3.93. The van der Waals surface area contributed by atoms with Crippen LogP contribution in [-0.2, 0) is 0 Å². The lowest BCUT2D eigenvalue weighted by Gasteiger charge is -2.21. The summed E-state index contributed by atoms with van der Waals surface area (Å²) in [6.07, 6.45) is -0.00878. The highest BCUT2D eigenvalue weighted by Gasteiger charge is 2.10. The SMILES string of the molecule is CC(NC(=O)c1ccc(Nc2ccc(N(C)C)cc2)cc1)N(C)C. The predicted molar refractivity (Wildman–Crippen MR) is 101 cm³/mol. The zero-order valence-corrected chi connectivity index (χ0v) is 15.0. The monoisotopic (exact) mass is 326 g/mol. The van der Waals surface area contributed by atoms with Crippen LogP contribution in [0.2, 0.25) is 0 Å². The number of rotatable bonds is 6. The molecule has 0 fully saturated rings. The van der Waals surface area contributed by atoms with E-state index in [1.54, 1.807) is 0 Å². The molecule has 0 aliphatic carbocycles. The van der Waals surface area contributed by atoms with Gasteiger partial charge in [-0.05, 0) is 69.6 Å².